The molecule has 6 nitrogen and oxygen atoms in total. The molecule has 142 valence electrons. The lowest BCUT2D eigenvalue weighted by Crippen LogP contribution is -2.46. The topological polar surface area (TPSA) is 84.3 Å². The van der Waals surface area contributed by atoms with Crippen LogP contribution in [0.4, 0.5) is 10.3 Å². The molecule has 2 aliphatic rings. The summed E-state index contributed by atoms with van der Waals surface area (Å²) in [6.45, 7) is 0.462. The molecule has 1 aliphatic carbocycles. The second-order valence-electron chi connectivity index (χ2n) is 7.40. The number of aromatic nitrogens is 2. The van der Waals surface area contributed by atoms with Gasteiger partial charge in [-0.3, -0.25) is 0 Å². The molecule has 1 aliphatic heterocycles. The molecule has 4 rings (SSSR count). The maximum absolute atomic E-state index is 14.4. The van der Waals surface area contributed by atoms with Gasteiger partial charge in [-0.1, -0.05) is 24.6 Å². The fourth-order valence-electron chi connectivity index (χ4n) is 3.72. The first-order valence-electron chi connectivity index (χ1n) is 9.23. The first-order valence-corrected chi connectivity index (χ1v) is 9.23. The van der Waals surface area contributed by atoms with E-state index >= 15 is 0 Å². The maximum Gasteiger partial charge on any atom is 0.223 e. The molecule has 0 spiro atoms. The highest BCUT2D eigenvalue weighted by Gasteiger charge is 2.38. The van der Waals surface area contributed by atoms with Crippen molar-refractivity contribution in [3.05, 3.63) is 41.8 Å². The Morgan fingerprint density at radius 1 is 1.33 bits per heavy atom. The number of aldehydes is 1. The van der Waals surface area contributed by atoms with Gasteiger partial charge < -0.3 is 20.0 Å². The molecule has 27 heavy (non-hydrogen) atoms. The van der Waals surface area contributed by atoms with Crippen LogP contribution in [0.3, 0.4) is 0 Å². The van der Waals surface area contributed by atoms with Gasteiger partial charge in [0.1, 0.15) is 17.6 Å². The molecule has 2 unspecified atom stereocenters. The number of halogens is 1. The van der Waals surface area contributed by atoms with Crippen molar-refractivity contribution in [3.8, 4) is 11.3 Å². The van der Waals surface area contributed by atoms with Gasteiger partial charge in [0.15, 0.2) is 5.82 Å². The van der Waals surface area contributed by atoms with Crippen molar-refractivity contribution < 1.29 is 19.0 Å². The van der Waals surface area contributed by atoms with Gasteiger partial charge in [0.2, 0.25) is 5.95 Å². The van der Waals surface area contributed by atoms with E-state index < -0.39 is 11.4 Å². The van der Waals surface area contributed by atoms with Crippen LogP contribution in [-0.2, 0) is 15.1 Å². The molecule has 7 heteroatoms. The Morgan fingerprint density at radius 3 is 2.93 bits per heavy atom. The van der Waals surface area contributed by atoms with Crippen LogP contribution in [-0.4, -0.2) is 40.6 Å². The Kier molecular flexibility index (Phi) is 4.88. The molecular formula is C20H22FN3O3. The van der Waals surface area contributed by atoms with Crippen LogP contribution >= 0.6 is 0 Å². The van der Waals surface area contributed by atoms with Crippen molar-refractivity contribution in [1.29, 1.82) is 0 Å². The van der Waals surface area contributed by atoms with E-state index in [-0.39, 0.29) is 30.9 Å². The molecule has 2 fully saturated rings. The van der Waals surface area contributed by atoms with E-state index in [2.05, 4.69) is 15.3 Å². The minimum absolute atomic E-state index is 0.0540. The molecule has 2 N–H and O–H groups in total. The summed E-state index contributed by atoms with van der Waals surface area (Å²) in [6.07, 6.45) is 5.71. The molecule has 1 aromatic carbocycles. The molecule has 0 radical (unpaired) electrons. The Balaban J connectivity index is 1.58. The van der Waals surface area contributed by atoms with Crippen LogP contribution in [0.1, 0.15) is 31.2 Å². The quantitative estimate of drug-likeness (QED) is 0.786. The highest BCUT2D eigenvalue weighted by atomic mass is 19.1. The van der Waals surface area contributed by atoms with Gasteiger partial charge in [-0.05, 0) is 30.9 Å². The normalized spacial score (nSPS) is 24.1. The lowest BCUT2D eigenvalue weighted by Gasteiger charge is -2.36. The van der Waals surface area contributed by atoms with Gasteiger partial charge in [-0.25, -0.2) is 14.4 Å². The number of nitrogens with one attached hydrogen (secondary N) is 1. The van der Waals surface area contributed by atoms with E-state index in [9.17, 15) is 14.3 Å². The summed E-state index contributed by atoms with van der Waals surface area (Å²) in [5, 5.41) is 13.7. The van der Waals surface area contributed by atoms with E-state index in [0.717, 1.165) is 38.2 Å². The summed E-state index contributed by atoms with van der Waals surface area (Å²) in [7, 11) is 0. The van der Waals surface area contributed by atoms with E-state index in [1.54, 1.807) is 24.3 Å². The Bertz CT molecular complexity index is 841. The fourth-order valence-corrected chi connectivity index (χ4v) is 3.72. The second kappa shape index (κ2) is 7.32. The van der Waals surface area contributed by atoms with Crippen LogP contribution in [0.25, 0.3) is 11.3 Å². The maximum atomic E-state index is 14.4. The van der Waals surface area contributed by atoms with E-state index in [1.165, 1.54) is 0 Å². The standard InChI is InChI=1S/C20H22FN3O3/c21-17-9-22-19(23-16-6-1-3-13(7-16)10-25)24-18(17)14-4-2-5-15(8-14)20(26)11-27-12-20/h2,4-5,8-10,13,16,26H,1,3,6-7,11-12H2,(H,22,23,24). The third kappa shape index (κ3) is 3.70. The van der Waals surface area contributed by atoms with Crippen molar-refractivity contribution in [3.63, 3.8) is 0 Å². The molecule has 2 atom stereocenters. The third-order valence-electron chi connectivity index (χ3n) is 5.34. The summed E-state index contributed by atoms with van der Waals surface area (Å²) in [6, 6.07) is 7.16. The summed E-state index contributed by atoms with van der Waals surface area (Å²) >= 11 is 0. The van der Waals surface area contributed by atoms with Crippen molar-refractivity contribution in [2.75, 3.05) is 18.5 Å². The highest BCUT2D eigenvalue weighted by Crippen LogP contribution is 2.32. The van der Waals surface area contributed by atoms with Crippen LogP contribution in [0, 0.1) is 11.7 Å². The zero-order chi connectivity index (χ0) is 18.9. The predicted octanol–water partition coefficient (Wildman–Crippen LogP) is 2.67. The summed E-state index contributed by atoms with van der Waals surface area (Å²) in [5.74, 6) is -0.124. The second-order valence-corrected chi connectivity index (χ2v) is 7.40. The molecule has 0 bridgehead atoms. The smallest absolute Gasteiger partial charge is 0.223 e. The Hall–Kier alpha value is -2.38. The molecule has 0 amide bonds. The van der Waals surface area contributed by atoms with Crippen molar-refractivity contribution in [2.24, 2.45) is 5.92 Å². The first-order chi connectivity index (χ1) is 13.1. The zero-order valence-electron chi connectivity index (χ0n) is 14.9. The van der Waals surface area contributed by atoms with E-state index in [4.69, 9.17) is 4.74 Å². The van der Waals surface area contributed by atoms with Crippen molar-refractivity contribution in [2.45, 2.75) is 37.3 Å². The molecule has 1 aromatic heterocycles. The number of hydrogen-bond acceptors (Lipinski definition) is 6. The first kappa shape index (κ1) is 18.0. The van der Waals surface area contributed by atoms with E-state index in [1.807, 2.05) is 0 Å². The minimum atomic E-state index is -1.02. The number of nitrogens with zero attached hydrogens (tertiary/aromatic N) is 2. The van der Waals surface area contributed by atoms with Gasteiger partial charge in [0.25, 0.3) is 0 Å². The summed E-state index contributed by atoms with van der Waals surface area (Å²) in [4.78, 5) is 19.5. The van der Waals surface area contributed by atoms with Crippen LogP contribution in [0.5, 0.6) is 0 Å². The number of hydrogen-bond donors (Lipinski definition) is 2. The van der Waals surface area contributed by atoms with Gasteiger partial charge in [0.05, 0.1) is 19.4 Å². The number of carbonyl (C=O) groups excluding carboxylic acids is 1. The number of aliphatic hydroxyl groups is 1. The molecule has 1 saturated carbocycles. The van der Waals surface area contributed by atoms with Gasteiger partial charge in [-0.2, -0.15) is 0 Å². The molecule has 2 heterocycles. The highest BCUT2D eigenvalue weighted by molar-refractivity contribution is 5.62. The molecule has 1 saturated heterocycles. The third-order valence-corrected chi connectivity index (χ3v) is 5.34. The fraction of sp³-hybridized carbons (Fsp3) is 0.450. The van der Waals surface area contributed by atoms with Crippen LogP contribution in [0.2, 0.25) is 0 Å². The Morgan fingerprint density at radius 2 is 2.19 bits per heavy atom. The average Bonchev–Trinajstić information content (AvgIpc) is 2.68. The van der Waals surface area contributed by atoms with Gasteiger partial charge in [-0.15, -0.1) is 0 Å². The van der Waals surface area contributed by atoms with Crippen molar-refractivity contribution >= 4 is 12.2 Å². The number of ether oxygens (including phenoxy) is 1. The monoisotopic (exact) mass is 371 g/mol. The van der Waals surface area contributed by atoms with Crippen LogP contribution in [0.15, 0.2) is 30.5 Å². The largest absolute Gasteiger partial charge is 0.380 e. The Labute approximate surface area is 156 Å². The molecular weight excluding hydrogens is 349 g/mol. The number of rotatable bonds is 5. The molecule has 2 aromatic rings. The van der Waals surface area contributed by atoms with Gasteiger partial charge >= 0.3 is 0 Å². The average molecular weight is 371 g/mol. The van der Waals surface area contributed by atoms with Gasteiger partial charge in [0, 0.05) is 17.5 Å². The lowest BCUT2D eigenvalue weighted by atomic mass is 9.87. The number of benzene rings is 1. The van der Waals surface area contributed by atoms with Crippen LogP contribution < -0.4 is 5.32 Å². The summed E-state index contributed by atoms with van der Waals surface area (Å²) < 4.78 is 19.5. The lowest BCUT2D eigenvalue weighted by molar-refractivity contribution is -0.184. The zero-order valence-corrected chi connectivity index (χ0v) is 14.9. The predicted molar refractivity (Wildman–Crippen MR) is 97.6 cm³/mol. The minimum Gasteiger partial charge on any atom is -0.380 e. The SMILES string of the molecule is O=CC1CCCC(Nc2ncc(F)c(-c3cccc(C4(O)COC4)c3)n2)C1. The number of carbonyl (C=O) groups is 1. The van der Waals surface area contributed by atoms with Crippen molar-refractivity contribution in [1.82, 2.24) is 9.97 Å². The van der Waals surface area contributed by atoms with E-state index in [0.29, 0.717) is 17.1 Å². The summed E-state index contributed by atoms with van der Waals surface area (Å²) in [5.41, 5.74) is 0.415. The number of anilines is 1.